The number of rotatable bonds is 0. The van der Waals surface area contributed by atoms with Gasteiger partial charge in [0.2, 0.25) is 0 Å². The zero-order valence-electron chi connectivity index (χ0n) is 5.42. The van der Waals surface area contributed by atoms with Gasteiger partial charge in [0, 0.05) is 0 Å². The summed E-state index contributed by atoms with van der Waals surface area (Å²) in [5.74, 6) is -0.156. The van der Waals surface area contributed by atoms with E-state index in [0.717, 1.165) is 0 Å². The molecule has 1 rings (SSSR count). The van der Waals surface area contributed by atoms with Crippen molar-refractivity contribution in [2.45, 2.75) is 0 Å². The number of nitrogen functional groups attached to an aromatic ring is 1. The van der Waals surface area contributed by atoms with E-state index in [1.54, 1.807) is 0 Å². The molecule has 1 aromatic rings. The second-order valence-electron chi connectivity index (χ2n) is 1.48. The second kappa shape index (κ2) is 3.92. The number of hydrogen-bond acceptors (Lipinski definition) is 4. The molecule has 4 nitrogen and oxygen atoms in total. The minimum absolute atomic E-state index is 0. The number of nitrogens with two attached hydrogens (primary N) is 1. The molecule has 48 valence electrons. The Bertz CT molecular complexity index is 250. The summed E-state index contributed by atoms with van der Waals surface area (Å²) in [5, 5.41) is 10.5. The molecule has 10 heavy (non-hydrogen) atoms. The molecule has 0 saturated carbocycles. The first-order valence-corrected chi connectivity index (χ1v) is 2.63. The molecule has 0 unspecified atom stereocenters. The van der Waals surface area contributed by atoms with Gasteiger partial charge in [0.05, 0.1) is 0 Å². The van der Waals surface area contributed by atoms with Crippen LogP contribution in [0.3, 0.4) is 0 Å². The third-order valence-electron chi connectivity index (χ3n) is 0.740. The zero-order chi connectivity index (χ0) is 6.85. The van der Waals surface area contributed by atoms with E-state index in [-0.39, 0.29) is 46.0 Å². The molecule has 0 spiro atoms. The van der Waals surface area contributed by atoms with Crippen molar-refractivity contribution in [2.24, 2.45) is 0 Å². The maximum absolute atomic E-state index is 10.5. The van der Waals surface area contributed by atoms with Crippen LogP contribution in [0.1, 0.15) is 0 Å². The fraction of sp³-hybridized carbons (Fsp3) is 0. The van der Waals surface area contributed by atoms with Gasteiger partial charge in [-0.25, -0.2) is 4.98 Å². The number of H-pyrrole nitrogens is 1. The summed E-state index contributed by atoms with van der Waals surface area (Å²) in [6.07, 6.45) is 0. The predicted molar refractivity (Wildman–Crippen MR) is 33.3 cm³/mol. The van der Waals surface area contributed by atoms with Gasteiger partial charge in [-0.3, -0.25) is 0 Å². The largest absolute Gasteiger partial charge is 1.00 e. The topological polar surface area (TPSA) is 77.8 Å². The fourth-order valence-corrected chi connectivity index (χ4v) is 0.659. The molecule has 0 aliphatic carbocycles. The van der Waals surface area contributed by atoms with Gasteiger partial charge in [0.1, 0.15) is 5.82 Å². The molecule has 3 N–H and O–H groups in total. The quantitative estimate of drug-likeness (QED) is 0.313. The molecule has 0 bridgehead atoms. The van der Waals surface area contributed by atoms with Crippen molar-refractivity contribution < 1.29 is 34.7 Å². The standard InChI is InChI=1S/C4H5N3OS.Na/c5-2-1-3(8)7-4(9)6-2;/h1H,(H4,5,6,7,8,9);/q;+1/p-1. The molecule has 0 aromatic carbocycles. The Morgan fingerprint density at radius 3 is 2.70 bits per heavy atom. The first kappa shape index (κ1) is 9.90. The Kier molecular flexibility index (Phi) is 3.88. The minimum Gasteiger partial charge on any atom is -0.860 e. The van der Waals surface area contributed by atoms with Crippen molar-refractivity contribution in [3.63, 3.8) is 0 Å². The van der Waals surface area contributed by atoms with Gasteiger partial charge < -0.3 is 15.8 Å². The van der Waals surface area contributed by atoms with Crippen LogP contribution in [-0.4, -0.2) is 9.97 Å². The molecule has 0 radical (unpaired) electrons. The molecule has 0 aliphatic rings. The Labute approximate surface area is 84.8 Å². The molecular formula is C4H4N3NaOS. The van der Waals surface area contributed by atoms with Crippen LogP contribution in [0.4, 0.5) is 5.82 Å². The molecule has 0 saturated heterocycles. The van der Waals surface area contributed by atoms with E-state index in [1.807, 2.05) is 0 Å². The normalized spacial score (nSPS) is 8.40. The Morgan fingerprint density at radius 2 is 2.30 bits per heavy atom. The summed E-state index contributed by atoms with van der Waals surface area (Å²) in [7, 11) is 0. The van der Waals surface area contributed by atoms with E-state index in [9.17, 15) is 5.11 Å². The van der Waals surface area contributed by atoms with E-state index in [2.05, 4.69) is 22.2 Å². The van der Waals surface area contributed by atoms with Crippen LogP contribution in [0.5, 0.6) is 5.88 Å². The van der Waals surface area contributed by atoms with Crippen molar-refractivity contribution in [2.75, 3.05) is 5.73 Å². The Balaban J connectivity index is 0.000000810. The van der Waals surface area contributed by atoms with Gasteiger partial charge >= 0.3 is 29.6 Å². The van der Waals surface area contributed by atoms with Crippen LogP contribution < -0.4 is 40.4 Å². The number of aromatic nitrogens is 2. The smallest absolute Gasteiger partial charge is 0.860 e. The molecular weight excluding hydrogens is 161 g/mol. The van der Waals surface area contributed by atoms with E-state index in [1.165, 1.54) is 6.07 Å². The molecule has 6 heteroatoms. The van der Waals surface area contributed by atoms with Gasteiger partial charge in [0.15, 0.2) is 4.77 Å². The van der Waals surface area contributed by atoms with Crippen LogP contribution in [0, 0.1) is 4.77 Å². The summed E-state index contributed by atoms with van der Waals surface area (Å²) in [5.41, 5.74) is 5.16. The van der Waals surface area contributed by atoms with E-state index in [0.29, 0.717) is 0 Å². The first-order valence-electron chi connectivity index (χ1n) is 2.22. The molecule has 0 aliphatic heterocycles. The van der Waals surface area contributed by atoms with Gasteiger partial charge in [-0.1, -0.05) is 0 Å². The van der Waals surface area contributed by atoms with Gasteiger partial charge in [0.25, 0.3) is 0 Å². The van der Waals surface area contributed by atoms with Gasteiger partial charge in [-0.2, -0.15) is 0 Å². The van der Waals surface area contributed by atoms with Crippen LogP contribution in [0.2, 0.25) is 0 Å². The third kappa shape index (κ3) is 2.66. The fourth-order valence-electron chi connectivity index (χ4n) is 0.453. The first-order chi connectivity index (χ1) is 4.18. The van der Waals surface area contributed by atoms with Gasteiger partial charge in [-0.05, 0) is 24.2 Å². The summed E-state index contributed by atoms with van der Waals surface area (Å²) in [4.78, 5) is 5.85. The average molecular weight is 165 g/mol. The van der Waals surface area contributed by atoms with Crippen LogP contribution in [0.25, 0.3) is 0 Å². The summed E-state index contributed by atoms with van der Waals surface area (Å²) < 4.78 is 0.125. The molecule has 0 fully saturated rings. The van der Waals surface area contributed by atoms with Crippen molar-refractivity contribution in [1.82, 2.24) is 9.97 Å². The van der Waals surface area contributed by atoms with E-state index in [4.69, 9.17) is 5.73 Å². The molecule has 1 aromatic heterocycles. The maximum atomic E-state index is 10.5. The summed E-state index contributed by atoms with van der Waals surface area (Å²) >= 11 is 4.54. The van der Waals surface area contributed by atoms with Crippen molar-refractivity contribution in [3.05, 3.63) is 10.8 Å². The SMILES string of the molecule is Nc1cc([O-])[nH]c(=S)n1.[Na+]. The van der Waals surface area contributed by atoms with Gasteiger partial charge in [-0.15, -0.1) is 0 Å². The van der Waals surface area contributed by atoms with Crippen LogP contribution >= 0.6 is 12.2 Å². The predicted octanol–water partition coefficient (Wildman–Crippen LogP) is -3.20. The van der Waals surface area contributed by atoms with Crippen molar-refractivity contribution in [3.8, 4) is 5.88 Å². The number of anilines is 1. The molecule has 0 atom stereocenters. The Hall–Kier alpha value is -0.100. The number of nitrogens with one attached hydrogen (secondary N) is 1. The third-order valence-corrected chi connectivity index (χ3v) is 0.933. The van der Waals surface area contributed by atoms with Crippen molar-refractivity contribution in [1.29, 1.82) is 0 Å². The molecule has 1 heterocycles. The average Bonchev–Trinajstić information content (AvgIpc) is 1.59. The number of aromatic amines is 1. The maximum Gasteiger partial charge on any atom is 1.00 e. The zero-order valence-corrected chi connectivity index (χ0v) is 8.23. The van der Waals surface area contributed by atoms with E-state index >= 15 is 0 Å². The Morgan fingerprint density at radius 1 is 1.70 bits per heavy atom. The second-order valence-corrected chi connectivity index (χ2v) is 1.86. The van der Waals surface area contributed by atoms with Crippen molar-refractivity contribution >= 4 is 18.0 Å². The van der Waals surface area contributed by atoms with Crippen LogP contribution in [0.15, 0.2) is 6.07 Å². The molecule has 0 amide bonds. The van der Waals surface area contributed by atoms with E-state index < -0.39 is 0 Å². The number of nitrogens with zero attached hydrogens (tertiary/aromatic N) is 1. The summed E-state index contributed by atoms with van der Waals surface area (Å²) in [6.45, 7) is 0. The number of hydrogen-bond donors (Lipinski definition) is 2. The monoisotopic (exact) mass is 165 g/mol. The van der Waals surface area contributed by atoms with Crippen LogP contribution in [-0.2, 0) is 0 Å². The summed E-state index contributed by atoms with van der Waals surface area (Å²) in [6, 6.07) is 1.18. The minimum atomic E-state index is -0.312.